The fourth-order valence-corrected chi connectivity index (χ4v) is 1.98. The van der Waals surface area contributed by atoms with Gasteiger partial charge in [0.05, 0.1) is 0 Å². The molecule has 1 saturated heterocycles. The van der Waals surface area contributed by atoms with Gasteiger partial charge in [0.1, 0.15) is 17.7 Å². The summed E-state index contributed by atoms with van der Waals surface area (Å²) in [6.45, 7) is 7.75. The number of esters is 1. The van der Waals surface area contributed by atoms with E-state index in [0.717, 1.165) is 6.42 Å². The second kappa shape index (κ2) is 5.69. The van der Waals surface area contributed by atoms with Crippen molar-refractivity contribution in [1.29, 1.82) is 0 Å². The molecule has 1 aliphatic rings. The Balaban J connectivity index is 2.70. The Labute approximate surface area is 108 Å². The van der Waals surface area contributed by atoms with Crippen molar-refractivity contribution < 1.29 is 19.1 Å². The number of likely N-dealkylation sites (tertiary alicyclic amines) is 1. The lowest BCUT2D eigenvalue weighted by atomic mass is 10.1. The van der Waals surface area contributed by atoms with Gasteiger partial charge in [-0.1, -0.05) is 0 Å². The van der Waals surface area contributed by atoms with Gasteiger partial charge in [-0.25, -0.2) is 4.79 Å². The van der Waals surface area contributed by atoms with Gasteiger partial charge in [0.15, 0.2) is 0 Å². The van der Waals surface area contributed by atoms with Crippen LogP contribution in [0.4, 0.5) is 0 Å². The third kappa shape index (κ3) is 3.70. The van der Waals surface area contributed by atoms with Crippen molar-refractivity contribution in [2.75, 3.05) is 13.7 Å². The summed E-state index contributed by atoms with van der Waals surface area (Å²) in [5.41, 5.74) is -0.527. The maximum atomic E-state index is 12.0. The highest BCUT2D eigenvalue weighted by Gasteiger charge is 2.38. The molecule has 0 aromatic carbocycles. The summed E-state index contributed by atoms with van der Waals surface area (Å²) in [6.07, 6.45) is 0.969. The summed E-state index contributed by atoms with van der Waals surface area (Å²) < 4.78 is 10.4. The predicted octanol–water partition coefficient (Wildman–Crippen LogP) is 1.35. The van der Waals surface area contributed by atoms with Crippen molar-refractivity contribution in [2.45, 2.75) is 58.3 Å². The Morgan fingerprint density at radius 2 is 1.94 bits per heavy atom. The van der Waals surface area contributed by atoms with Crippen molar-refractivity contribution in [3.63, 3.8) is 0 Å². The van der Waals surface area contributed by atoms with Crippen molar-refractivity contribution in [2.24, 2.45) is 0 Å². The van der Waals surface area contributed by atoms with Gasteiger partial charge in [0.25, 0.3) is 5.91 Å². The summed E-state index contributed by atoms with van der Waals surface area (Å²) in [4.78, 5) is 25.7. The largest absolute Gasteiger partial charge is 0.458 e. The molecule has 1 unspecified atom stereocenters. The predicted molar refractivity (Wildman–Crippen MR) is 67.1 cm³/mol. The van der Waals surface area contributed by atoms with E-state index in [2.05, 4.69) is 0 Å². The molecule has 0 N–H and O–H groups in total. The molecule has 1 rings (SSSR count). The van der Waals surface area contributed by atoms with Crippen LogP contribution in [0.1, 0.15) is 40.5 Å². The first-order valence-corrected chi connectivity index (χ1v) is 6.32. The van der Waals surface area contributed by atoms with Gasteiger partial charge < -0.3 is 14.4 Å². The van der Waals surface area contributed by atoms with Gasteiger partial charge in [0.2, 0.25) is 0 Å². The molecule has 0 aromatic heterocycles. The number of carbonyl (C=O) groups excluding carboxylic acids is 2. The normalized spacial score (nSPS) is 21.8. The van der Waals surface area contributed by atoms with E-state index < -0.39 is 17.7 Å². The lowest BCUT2D eigenvalue weighted by Crippen LogP contribution is -2.47. The molecule has 1 heterocycles. The van der Waals surface area contributed by atoms with Crippen molar-refractivity contribution in [1.82, 2.24) is 4.90 Å². The minimum Gasteiger partial charge on any atom is -0.458 e. The maximum absolute atomic E-state index is 12.0. The molecule has 0 aliphatic carbocycles. The first kappa shape index (κ1) is 15.0. The van der Waals surface area contributed by atoms with Gasteiger partial charge >= 0.3 is 5.97 Å². The Morgan fingerprint density at radius 3 is 2.44 bits per heavy atom. The van der Waals surface area contributed by atoms with Crippen molar-refractivity contribution >= 4 is 11.9 Å². The Bertz CT molecular complexity index is 321. The molecule has 1 amide bonds. The molecule has 0 aromatic rings. The number of nitrogens with zero attached hydrogens (tertiary/aromatic N) is 1. The number of carbonyl (C=O) groups is 2. The zero-order valence-electron chi connectivity index (χ0n) is 11.9. The molecular formula is C13H23NO4. The lowest BCUT2D eigenvalue weighted by molar-refractivity contribution is -0.165. The van der Waals surface area contributed by atoms with Crippen LogP contribution in [0, 0.1) is 0 Å². The molecule has 0 spiro atoms. The van der Waals surface area contributed by atoms with E-state index in [9.17, 15) is 9.59 Å². The molecule has 0 radical (unpaired) electrons. The molecule has 1 aliphatic heterocycles. The van der Waals surface area contributed by atoms with Crippen molar-refractivity contribution in [3.8, 4) is 0 Å². The third-order valence-electron chi connectivity index (χ3n) is 2.92. The van der Waals surface area contributed by atoms with Crippen molar-refractivity contribution in [3.05, 3.63) is 0 Å². The van der Waals surface area contributed by atoms with E-state index in [1.165, 1.54) is 7.11 Å². The van der Waals surface area contributed by atoms with Gasteiger partial charge in [-0.05, 0) is 40.5 Å². The van der Waals surface area contributed by atoms with Crippen LogP contribution in [0.15, 0.2) is 0 Å². The summed E-state index contributed by atoms with van der Waals surface area (Å²) >= 11 is 0. The fourth-order valence-electron chi connectivity index (χ4n) is 1.98. The Morgan fingerprint density at radius 1 is 1.33 bits per heavy atom. The highest BCUT2D eigenvalue weighted by molar-refractivity contribution is 5.87. The maximum Gasteiger partial charge on any atom is 0.329 e. The van der Waals surface area contributed by atoms with E-state index in [1.807, 2.05) is 20.8 Å². The van der Waals surface area contributed by atoms with E-state index in [1.54, 1.807) is 11.8 Å². The summed E-state index contributed by atoms with van der Waals surface area (Å²) in [5, 5.41) is 0. The quantitative estimate of drug-likeness (QED) is 0.716. The molecule has 104 valence electrons. The molecule has 1 fully saturated rings. The zero-order valence-corrected chi connectivity index (χ0v) is 11.9. The number of methoxy groups -OCH3 is 1. The first-order chi connectivity index (χ1) is 8.26. The van der Waals surface area contributed by atoms with Gasteiger partial charge in [0, 0.05) is 13.7 Å². The fraction of sp³-hybridized carbons (Fsp3) is 0.846. The van der Waals surface area contributed by atoms with Gasteiger partial charge in [-0.15, -0.1) is 0 Å². The van der Waals surface area contributed by atoms with E-state index in [4.69, 9.17) is 9.47 Å². The molecule has 0 saturated carbocycles. The number of rotatable bonds is 3. The second-order valence-electron chi connectivity index (χ2n) is 5.60. The van der Waals surface area contributed by atoms with Crippen LogP contribution in [0.2, 0.25) is 0 Å². The van der Waals surface area contributed by atoms with Crippen LogP contribution in [-0.2, 0) is 19.1 Å². The molecular weight excluding hydrogens is 234 g/mol. The molecule has 18 heavy (non-hydrogen) atoms. The van der Waals surface area contributed by atoms with E-state index in [-0.39, 0.29) is 11.9 Å². The highest BCUT2D eigenvalue weighted by atomic mass is 16.6. The van der Waals surface area contributed by atoms with Crippen LogP contribution in [0.25, 0.3) is 0 Å². The standard InChI is InChI=1S/C13H23NO4/c1-9(17-5)11(15)14-8-6-7-10(14)12(16)18-13(2,3)4/h9-10H,6-8H2,1-5H3/t9?,10-/m0/s1. The zero-order chi connectivity index (χ0) is 13.9. The lowest BCUT2D eigenvalue weighted by Gasteiger charge is -2.28. The molecule has 5 heteroatoms. The Kier molecular flexibility index (Phi) is 4.73. The van der Waals surface area contributed by atoms with Crippen LogP contribution in [0.3, 0.4) is 0 Å². The van der Waals surface area contributed by atoms with Gasteiger partial charge in [-0.3, -0.25) is 4.79 Å². The number of amides is 1. The van der Waals surface area contributed by atoms with E-state index >= 15 is 0 Å². The average Bonchev–Trinajstić information content (AvgIpc) is 2.73. The number of ether oxygens (including phenoxy) is 2. The minimum atomic E-state index is -0.527. The SMILES string of the molecule is COC(C)C(=O)N1CCC[C@H]1C(=O)OC(C)(C)C. The number of hydrogen-bond acceptors (Lipinski definition) is 4. The first-order valence-electron chi connectivity index (χ1n) is 6.32. The molecule has 0 bridgehead atoms. The number of hydrogen-bond donors (Lipinski definition) is 0. The highest BCUT2D eigenvalue weighted by Crippen LogP contribution is 2.22. The summed E-state index contributed by atoms with van der Waals surface area (Å²) in [7, 11) is 1.49. The third-order valence-corrected chi connectivity index (χ3v) is 2.92. The van der Waals surface area contributed by atoms with Crippen LogP contribution in [0.5, 0.6) is 0 Å². The summed E-state index contributed by atoms with van der Waals surface area (Å²) in [5.74, 6) is -0.470. The second-order valence-corrected chi connectivity index (χ2v) is 5.60. The molecule has 5 nitrogen and oxygen atoms in total. The van der Waals surface area contributed by atoms with Crippen LogP contribution < -0.4 is 0 Å². The average molecular weight is 257 g/mol. The van der Waals surface area contributed by atoms with Crippen LogP contribution in [-0.4, -0.2) is 48.2 Å². The minimum absolute atomic E-state index is 0.147. The smallest absolute Gasteiger partial charge is 0.329 e. The Hall–Kier alpha value is -1.10. The summed E-state index contributed by atoms with van der Waals surface area (Å²) in [6, 6.07) is -0.464. The molecule has 2 atom stereocenters. The van der Waals surface area contributed by atoms with E-state index in [0.29, 0.717) is 13.0 Å². The monoisotopic (exact) mass is 257 g/mol. The van der Waals surface area contributed by atoms with Gasteiger partial charge in [-0.2, -0.15) is 0 Å². The van der Waals surface area contributed by atoms with Crippen LogP contribution >= 0.6 is 0 Å². The topological polar surface area (TPSA) is 55.8 Å².